The molecule has 2 aromatic rings. The van der Waals surface area contributed by atoms with Crippen LogP contribution in [-0.2, 0) is 6.54 Å². The summed E-state index contributed by atoms with van der Waals surface area (Å²) < 4.78 is 1.90. The van der Waals surface area contributed by atoms with Gasteiger partial charge in [-0.05, 0) is 11.4 Å². The van der Waals surface area contributed by atoms with Crippen LogP contribution < -0.4 is 21.5 Å². The normalized spacial score (nSPS) is 9.43. The highest BCUT2D eigenvalue weighted by molar-refractivity contribution is 7.12. The summed E-state index contributed by atoms with van der Waals surface area (Å²) in [6, 6.07) is 3.76. The van der Waals surface area contributed by atoms with Gasteiger partial charge in [-0.15, -0.1) is 11.3 Å². The maximum atomic E-state index is 11.6. The number of aromatic nitrogens is 1. The molecule has 0 aliphatic heterocycles. The van der Waals surface area contributed by atoms with Gasteiger partial charge in [-0.3, -0.25) is 4.79 Å². The molecule has 0 spiro atoms. The summed E-state index contributed by atoms with van der Waals surface area (Å²) in [5.41, 5.74) is 1.94. The quantitative estimate of drug-likeness (QED) is 0.524. The van der Waals surface area contributed by atoms with Crippen molar-refractivity contribution in [2.75, 3.05) is 0 Å². The van der Waals surface area contributed by atoms with E-state index in [9.17, 15) is 4.79 Å². The highest BCUT2D eigenvalue weighted by atomic mass is 79.9. The average Bonchev–Trinajstić information content (AvgIpc) is 2.74. The number of hydrogen-bond acceptors (Lipinski definition) is 3. The molecule has 14 heavy (non-hydrogen) atoms. The topological polar surface area (TPSA) is 20.9 Å². The monoisotopic (exact) mass is 289 g/mol. The predicted molar refractivity (Wildman–Crippen MR) is 53.2 cm³/mol. The highest BCUT2D eigenvalue weighted by Crippen LogP contribution is 2.09. The molecule has 0 unspecified atom stereocenters. The van der Waals surface area contributed by atoms with Crippen molar-refractivity contribution in [3.63, 3.8) is 0 Å². The predicted octanol–water partition coefficient (Wildman–Crippen LogP) is -1.02. The summed E-state index contributed by atoms with van der Waals surface area (Å²) >= 11 is 3.09. The lowest BCUT2D eigenvalue weighted by Gasteiger charge is -1.89. The fraction of sp³-hybridized carbons (Fsp3) is 0.111. The molecule has 0 aliphatic rings. The molecule has 0 saturated heterocycles. The largest absolute Gasteiger partial charge is 1.00 e. The van der Waals surface area contributed by atoms with Crippen LogP contribution in [0, 0.1) is 0 Å². The summed E-state index contributed by atoms with van der Waals surface area (Å²) in [5, 5.41) is 3.88. The van der Waals surface area contributed by atoms with Crippen LogP contribution in [0.2, 0.25) is 0 Å². The zero-order valence-electron chi connectivity index (χ0n) is 7.22. The van der Waals surface area contributed by atoms with E-state index in [0.717, 1.165) is 4.88 Å². The van der Waals surface area contributed by atoms with Crippen LogP contribution in [-0.4, -0.2) is 5.78 Å². The summed E-state index contributed by atoms with van der Waals surface area (Å²) in [5.74, 6) is 0.179. The Labute approximate surface area is 101 Å². The third-order valence-corrected chi connectivity index (χ3v) is 3.23. The molecule has 0 N–H and O–H groups in total. The molecular weight excluding hydrogens is 282 g/mol. The number of halogens is 1. The fourth-order valence-electron chi connectivity index (χ4n) is 1.03. The Bertz CT molecular complexity index is 383. The lowest BCUT2D eigenvalue weighted by atomic mass is 10.3. The first-order chi connectivity index (χ1) is 6.36. The fourth-order valence-corrected chi connectivity index (χ4v) is 2.29. The Morgan fingerprint density at radius 2 is 2.29 bits per heavy atom. The van der Waals surface area contributed by atoms with Crippen molar-refractivity contribution in [2.24, 2.45) is 0 Å². The van der Waals surface area contributed by atoms with Crippen LogP contribution in [0.1, 0.15) is 9.67 Å². The number of ketones is 1. The second-order valence-electron chi connectivity index (χ2n) is 2.60. The molecule has 0 amide bonds. The van der Waals surface area contributed by atoms with Gasteiger partial charge in [0.2, 0.25) is 17.8 Å². The lowest BCUT2D eigenvalue weighted by Crippen LogP contribution is -3.00. The van der Waals surface area contributed by atoms with Gasteiger partial charge in [-0.25, -0.2) is 0 Å². The minimum atomic E-state index is 0. The zero-order valence-corrected chi connectivity index (χ0v) is 10.4. The van der Waals surface area contributed by atoms with Gasteiger partial charge in [0.25, 0.3) is 0 Å². The molecule has 0 aromatic carbocycles. The Balaban J connectivity index is 0.000000980. The van der Waals surface area contributed by atoms with E-state index >= 15 is 0 Å². The van der Waals surface area contributed by atoms with Gasteiger partial charge < -0.3 is 17.0 Å². The van der Waals surface area contributed by atoms with Crippen molar-refractivity contribution in [3.8, 4) is 0 Å². The van der Waals surface area contributed by atoms with Gasteiger partial charge in [0, 0.05) is 0 Å². The van der Waals surface area contributed by atoms with Crippen LogP contribution in [0.3, 0.4) is 0 Å². The first-order valence-electron chi connectivity index (χ1n) is 3.84. The number of carbonyl (C=O) groups excluding carboxylic acids is 1. The average molecular weight is 290 g/mol. The minimum Gasteiger partial charge on any atom is -1.00 e. The van der Waals surface area contributed by atoms with E-state index in [1.54, 1.807) is 11.3 Å². The van der Waals surface area contributed by atoms with Crippen molar-refractivity contribution in [2.45, 2.75) is 6.54 Å². The number of carbonyl (C=O) groups is 1. The first-order valence-corrected chi connectivity index (χ1v) is 5.66. The lowest BCUT2D eigenvalue weighted by molar-refractivity contribution is -0.678. The number of hydrogen-bond donors (Lipinski definition) is 0. The standard InChI is InChI=1S/C9H8NOS2.BrH/c11-8(9-2-1-4-13-9)6-10-3-5-12-7-10;/h1-5,7H,6H2;1H/q+1;/p-1. The van der Waals surface area contributed by atoms with E-state index in [4.69, 9.17) is 0 Å². The highest BCUT2D eigenvalue weighted by Gasteiger charge is 2.12. The Hall–Kier alpha value is -0.520. The molecule has 2 rings (SSSR count). The second kappa shape index (κ2) is 5.38. The number of nitrogens with zero attached hydrogens (tertiary/aromatic N) is 1. The zero-order chi connectivity index (χ0) is 9.10. The summed E-state index contributed by atoms with van der Waals surface area (Å²) in [4.78, 5) is 12.4. The molecule has 5 heteroatoms. The summed E-state index contributed by atoms with van der Waals surface area (Å²) in [6.45, 7) is 0.448. The van der Waals surface area contributed by atoms with E-state index < -0.39 is 0 Å². The van der Waals surface area contributed by atoms with Gasteiger partial charge in [-0.2, -0.15) is 4.57 Å². The van der Waals surface area contributed by atoms with Crippen molar-refractivity contribution >= 4 is 28.5 Å². The third kappa shape index (κ3) is 2.73. The molecule has 2 nitrogen and oxygen atoms in total. The molecule has 0 radical (unpaired) electrons. The molecule has 0 atom stereocenters. The van der Waals surface area contributed by atoms with Crippen LogP contribution in [0.15, 0.2) is 34.6 Å². The number of Topliss-reactive ketones (excluding diaryl/α,β-unsaturated/α-hetero) is 1. The van der Waals surface area contributed by atoms with Gasteiger partial charge in [0.1, 0.15) is 0 Å². The molecule has 74 valence electrons. The summed E-state index contributed by atoms with van der Waals surface area (Å²) in [7, 11) is 0. The molecular formula is C9H8BrNOS2. The van der Waals surface area contributed by atoms with E-state index in [1.807, 2.05) is 39.2 Å². The van der Waals surface area contributed by atoms with Crippen molar-refractivity contribution in [1.29, 1.82) is 0 Å². The summed E-state index contributed by atoms with van der Waals surface area (Å²) in [6.07, 6.45) is 1.91. The van der Waals surface area contributed by atoms with Crippen LogP contribution in [0.4, 0.5) is 0 Å². The van der Waals surface area contributed by atoms with Gasteiger partial charge in [0.05, 0.1) is 10.3 Å². The van der Waals surface area contributed by atoms with Crippen molar-refractivity contribution in [3.05, 3.63) is 39.5 Å². The van der Waals surface area contributed by atoms with Crippen LogP contribution in [0.25, 0.3) is 0 Å². The molecule has 0 bridgehead atoms. The minimum absolute atomic E-state index is 0. The second-order valence-corrected chi connectivity index (χ2v) is 4.30. The Kier molecular flexibility index (Phi) is 4.44. The van der Waals surface area contributed by atoms with E-state index in [-0.39, 0.29) is 22.8 Å². The smallest absolute Gasteiger partial charge is 0.237 e. The molecule has 0 aliphatic carbocycles. The Morgan fingerprint density at radius 1 is 1.43 bits per heavy atom. The van der Waals surface area contributed by atoms with E-state index in [2.05, 4.69) is 0 Å². The maximum Gasteiger partial charge on any atom is 0.237 e. The third-order valence-electron chi connectivity index (χ3n) is 1.65. The Morgan fingerprint density at radius 3 is 2.86 bits per heavy atom. The number of thiophene rings is 1. The van der Waals surface area contributed by atoms with Gasteiger partial charge in [0.15, 0.2) is 6.20 Å². The molecule has 0 fully saturated rings. The molecule has 2 aromatic heterocycles. The van der Waals surface area contributed by atoms with Crippen LogP contribution in [0.5, 0.6) is 0 Å². The maximum absolute atomic E-state index is 11.6. The van der Waals surface area contributed by atoms with Gasteiger partial charge in [-0.1, -0.05) is 17.4 Å². The molecule has 2 heterocycles. The van der Waals surface area contributed by atoms with Crippen molar-refractivity contribution < 1.29 is 26.3 Å². The van der Waals surface area contributed by atoms with Crippen molar-refractivity contribution in [1.82, 2.24) is 0 Å². The van der Waals surface area contributed by atoms with E-state index in [0.29, 0.717) is 6.54 Å². The number of thiazole rings is 1. The van der Waals surface area contributed by atoms with Crippen LogP contribution >= 0.6 is 22.7 Å². The molecule has 0 saturated carbocycles. The SMILES string of the molecule is O=C(C[n+]1ccsc1)c1cccs1.[Br-]. The number of rotatable bonds is 3. The van der Waals surface area contributed by atoms with E-state index in [1.165, 1.54) is 11.3 Å². The first kappa shape index (κ1) is 11.6. The van der Waals surface area contributed by atoms with Gasteiger partial charge >= 0.3 is 0 Å².